The van der Waals surface area contributed by atoms with Gasteiger partial charge in [0.25, 0.3) is 5.91 Å². The van der Waals surface area contributed by atoms with E-state index in [-0.39, 0.29) is 18.7 Å². The van der Waals surface area contributed by atoms with Gasteiger partial charge in [-0.25, -0.2) is 4.39 Å². The third-order valence-corrected chi connectivity index (χ3v) is 5.30. The molecule has 0 radical (unpaired) electrons. The van der Waals surface area contributed by atoms with Gasteiger partial charge in [0.15, 0.2) is 0 Å². The molecule has 1 atom stereocenters. The standard InChI is InChI=1S/C20H17F4NO2/c21-17-6-5-14(11-16(17)20(22,23)24)18(26)25-9-10-27-19(12-25)8-7-13-3-1-2-4-15(13)19/h1-6,11H,7-10,12H2/t19-/m1/s1. The first kappa shape index (κ1) is 18.0. The lowest BCUT2D eigenvalue weighted by Gasteiger charge is -2.41. The molecule has 1 spiro atoms. The molecule has 142 valence electrons. The Labute approximate surface area is 153 Å². The van der Waals surface area contributed by atoms with E-state index in [1.165, 1.54) is 4.90 Å². The second-order valence-corrected chi connectivity index (χ2v) is 6.92. The average Bonchev–Trinajstić information content (AvgIpc) is 2.99. The van der Waals surface area contributed by atoms with E-state index in [2.05, 4.69) is 0 Å². The number of alkyl halides is 3. The maximum absolute atomic E-state index is 13.5. The van der Waals surface area contributed by atoms with Gasteiger partial charge in [-0.05, 0) is 42.2 Å². The minimum Gasteiger partial charge on any atom is -0.367 e. The van der Waals surface area contributed by atoms with Crippen LogP contribution in [-0.4, -0.2) is 30.5 Å². The number of amides is 1. The van der Waals surface area contributed by atoms with Crippen LogP contribution in [0.4, 0.5) is 17.6 Å². The number of carbonyl (C=O) groups excluding carboxylic acids is 1. The summed E-state index contributed by atoms with van der Waals surface area (Å²) in [5.41, 5.74) is -0.0441. The van der Waals surface area contributed by atoms with Gasteiger partial charge >= 0.3 is 6.18 Å². The lowest BCUT2D eigenvalue weighted by Crippen LogP contribution is -2.51. The van der Waals surface area contributed by atoms with Crippen molar-refractivity contribution in [3.63, 3.8) is 0 Å². The first-order valence-electron chi connectivity index (χ1n) is 8.68. The van der Waals surface area contributed by atoms with Crippen LogP contribution < -0.4 is 0 Å². The molecule has 0 bridgehead atoms. The van der Waals surface area contributed by atoms with Crippen LogP contribution in [0.2, 0.25) is 0 Å². The van der Waals surface area contributed by atoms with Gasteiger partial charge in [0.05, 0.1) is 18.7 Å². The molecule has 1 saturated heterocycles. The van der Waals surface area contributed by atoms with Crippen LogP contribution in [0, 0.1) is 5.82 Å². The van der Waals surface area contributed by atoms with E-state index in [0.717, 1.165) is 23.6 Å². The summed E-state index contributed by atoms with van der Waals surface area (Å²) in [4.78, 5) is 14.3. The van der Waals surface area contributed by atoms with Crippen molar-refractivity contribution in [3.8, 4) is 0 Å². The monoisotopic (exact) mass is 379 g/mol. The molecule has 0 N–H and O–H groups in total. The Bertz CT molecular complexity index is 892. The summed E-state index contributed by atoms with van der Waals surface area (Å²) in [6, 6.07) is 10.2. The van der Waals surface area contributed by atoms with Crippen LogP contribution in [0.5, 0.6) is 0 Å². The molecule has 3 nitrogen and oxygen atoms in total. The molecule has 1 heterocycles. The second-order valence-electron chi connectivity index (χ2n) is 6.92. The van der Waals surface area contributed by atoms with Gasteiger partial charge < -0.3 is 9.64 Å². The highest BCUT2D eigenvalue weighted by atomic mass is 19.4. The SMILES string of the molecule is O=C(c1ccc(F)c(C(F)(F)F)c1)N1CCO[C@]2(CCc3ccccc32)C1. The van der Waals surface area contributed by atoms with Crippen LogP contribution in [0.15, 0.2) is 42.5 Å². The molecular formula is C20H17F4NO2. The van der Waals surface area contributed by atoms with Crippen molar-refractivity contribution >= 4 is 5.91 Å². The Morgan fingerprint density at radius 2 is 1.93 bits per heavy atom. The number of aryl methyl sites for hydroxylation is 1. The van der Waals surface area contributed by atoms with E-state index >= 15 is 0 Å². The topological polar surface area (TPSA) is 29.5 Å². The van der Waals surface area contributed by atoms with Gasteiger partial charge in [0.2, 0.25) is 0 Å². The zero-order chi connectivity index (χ0) is 19.2. The molecule has 0 aromatic heterocycles. The van der Waals surface area contributed by atoms with Crippen molar-refractivity contribution in [1.82, 2.24) is 4.90 Å². The van der Waals surface area contributed by atoms with Crippen molar-refractivity contribution in [3.05, 3.63) is 70.5 Å². The number of halogens is 4. The zero-order valence-corrected chi connectivity index (χ0v) is 14.4. The fourth-order valence-electron chi connectivity index (χ4n) is 3.98. The maximum Gasteiger partial charge on any atom is 0.419 e. The van der Waals surface area contributed by atoms with Crippen molar-refractivity contribution < 1.29 is 27.1 Å². The Kier molecular flexibility index (Phi) is 4.22. The molecule has 0 saturated carbocycles. The highest BCUT2D eigenvalue weighted by molar-refractivity contribution is 5.94. The van der Waals surface area contributed by atoms with Crippen LogP contribution in [-0.2, 0) is 22.9 Å². The lowest BCUT2D eigenvalue weighted by atomic mass is 9.93. The largest absolute Gasteiger partial charge is 0.419 e. The third kappa shape index (κ3) is 3.10. The van der Waals surface area contributed by atoms with Crippen molar-refractivity contribution in [2.75, 3.05) is 19.7 Å². The predicted molar refractivity (Wildman–Crippen MR) is 89.7 cm³/mol. The van der Waals surface area contributed by atoms with E-state index in [0.29, 0.717) is 25.2 Å². The minimum atomic E-state index is -4.85. The molecule has 2 aliphatic rings. The number of morpholine rings is 1. The molecule has 1 amide bonds. The number of rotatable bonds is 1. The number of hydrogen-bond acceptors (Lipinski definition) is 2. The van der Waals surface area contributed by atoms with Crippen LogP contribution in [0.25, 0.3) is 0 Å². The molecule has 4 rings (SSSR count). The summed E-state index contributed by atoms with van der Waals surface area (Å²) >= 11 is 0. The van der Waals surface area contributed by atoms with Gasteiger partial charge in [0.1, 0.15) is 11.4 Å². The van der Waals surface area contributed by atoms with Gasteiger partial charge in [-0.3, -0.25) is 4.79 Å². The first-order chi connectivity index (χ1) is 12.8. The highest BCUT2D eigenvalue weighted by Gasteiger charge is 2.44. The van der Waals surface area contributed by atoms with E-state index in [9.17, 15) is 22.4 Å². The molecule has 27 heavy (non-hydrogen) atoms. The average molecular weight is 379 g/mol. The number of ether oxygens (including phenoxy) is 1. The minimum absolute atomic E-state index is 0.174. The normalized spacial score (nSPS) is 22.1. The molecule has 1 aliphatic heterocycles. The van der Waals surface area contributed by atoms with Gasteiger partial charge in [-0.1, -0.05) is 24.3 Å². The van der Waals surface area contributed by atoms with Gasteiger partial charge in [-0.2, -0.15) is 13.2 Å². The summed E-state index contributed by atoms with van der Waals surface area (Å²) < 4.78 is 58.4. The Morgan fingerprint density at radius 3 is 2.70 bits per heavy atom. The summed E-state index contributed by atoms with van der Waals surface area (Å²) in [6.07, 6.45) is -3.31. The molecule has 0 unspecified atom stereocenters. The quantitative estimate of drug-likeness (QED) is 0.697. The second kappa shape index (κ2) is 6.34. The van der Waals surface area contributed by atoms with Crippen molar-refractivity contribution in [2.24, 2.45) is 0 Å². The fraction of sp³-hybridized carbons (Fsp3) is 0.350. The molecule has 2 aromatic carbocycles. The van der Waals surface area contributed by atoms with E-state index in [1.54, 1.807) is 0 Å². The van der Waals surface area contributed by atoms with E-state index < -0.39 is 29.1 Å². The Morgan fingerprint density at radius 1 is 1.15 bits per heavy atom. The number of fused-ring (bicyclic) bond motifs is 2. The molecule has 2 aromatic rings. The smallest absolute Gasteiger partial charge is 0.367 e. The third-order valence-electron chi connectivity index (χ3n) is 5.30. The lowest BCUT2D eigenvalue weighted by molar-refractivity contribution is -0.140. The number of benzene rings is 2. The molecular weight excluding hydrogens is 362 g/mol. The van der Waals surface area contributed by atoms with Crippen LogP contribution >= 0.6 is 0 Å². The number of carbonyl (C=O) groups is 1. The summed E-state index contributed by atoms with van der Waals surface area (Å²) in [6.45, 7) is 0.844. The molecule has 1 aliphatic carbocycles. The van der Waals surface area contributed by atoms with Crippen LogP contribution in [0.3, 0.4) is 0 Å². The summed E-state index contributed by atoms with van der Waals surface area (Å²) in [5, 5.41) is 0. The number of hydrogen-bond donors (Lipinski definition) is 0. The fourth-order valence-corrected chi connectivity index (χ4v) is 3.98. The summed E-state index contributed by atoms with van der Waals surface area (Å²) in [7, 11) is 0. The van der Waals surface area contributed by atoms with E-state index in [1.807, 2.05) is 24.3 Å². The van der Waals surface area contributed by atoms with E-state index in [4.69, 9.17) is 4.74 Å². The first-order valence-corrected chi connectivity index (χ1v) is 8.68. The van der Waals surface area contributed by atoms with Crippen LogP contribution in [0.1, 0.15) is 33.5 Å². The van der Waals surface area contributed by atoms with Crippen molar-refractivity contribution in [1.29, 1.82) is 0 Å². The Balaban J connectivity index is 1.62. The highest BCUT2D eigenvalue weighted by Crippen LogP contribution is 2.42. The zero-order valence-electron chi connectivity index (χ0n) is 14.4. The number of nitrogens with zero attached hydrogens (tertiary/aromatic N) is 1. The van der Waals surface area contributed by atoms with Gasteiger partial charge in [0, 0.05) is 12.1 Å². The van der Waals surface area contributed by atoms with Crippen molar-refractivity contribution in [2.45, 2.75) is 24.6 Å². The Hall–Kier alpha value is -2.41. The molecule has 1 fully saturated rings. The van der Waals surface area contributed by atoms with Gasteiger partial charge in [-0.15, -0.1) is 0 Å². The summed E-state index contributed by atoms with van der Waals surface area (Å²) in [5.74, 6) is -1.94. The maximum atomic E-state index is 13.5. The predicted octanol–water partition coefficient (Wildman–Crippen LogP) is 4.16. The molecule has 7 heteroatoms.